The van der Waals surface area contributed by atoms with Crippen molar-refractivity contribution in [1.29, 1.82) is 0 Å². The van der Waals surface area contributed by atoms with Crippen molar-refractivity contribution in [2.24, 2.45) is 17.6 Å². The van der Waals surface area contributed by atoms with Gasteiger partial charge < -0.3 is 10.6 Å². The summed E-state index contributed by atoms with van der Waals surface area (Å²) in [7, 11) is 6.59. The zero-order valence-corrected chi connectivity index (χ0v) is 11.8. The van der Waals surface area contributed by atoms with Gasteiger partial charge in [0.25, 0.3) is 0 Å². The number of fused-ring (bicyclic) bond motifs is 2. The number of nitrogens with two attached hydrogens (primary N) is 1. The molecule has 2 rings (SSSR count). The highest BCUT2D eigenvalue weighted by atomic mass is 15.2. The van der Waals surface area contributed by atoms with Crippen LogP contribution in [0, 0.1) is 11.8 Å². The topological polar surface area (TPSA) is 32.5 Å². The van der Waals surface area contributed by atoms with E-state index in [9.17, 15) is 0 Å². The third-order valence-corrected chi connectivity index (χ3v) is 5.16. The lowest BCUT2D eigenvalue weighted by atomic mass is 9.79. The van der Waals surface area contributed by atoms with Crippen molar-refractivity contribution in [2.45, 2.75) is 37.6 Å². The van der Waals surface area contributed by atoms with Gasteiger partial charge in [-0.2, -0.15) is 0 Å². The van der Waals surface area contributed by atoms with E-state index in [4.69, 9.17) is 5.73 Å². The average molecular weight is 239 g/mol. The van der Waals surface area contributed by atoms with Gasteiger partial charge in [-0.15, -0.1) is 0 Å². The van der Waals surface area contributed by atoms with Gasteiger partial charge in [-0.3, -0.25) is 4.90 Å². The number of hydrogen-bond donors (Lipinski definition) is 1. The first kappa shape index (κ1) is 13.3. The van der Waals surface area contributed by atoms with E-state index in [0.29, 0.717) is 5.54 Å². The van der Waals surface area contributed by atoms with Crippen molar-refractivity contribution in [3.8, 4) is 0 Å². The first-order chi connectivity index (χ1) is 8.08. The van der Waals surface area contributed by atoms with E-state index in [1.54, 1.807) is 0 Å². The normalized spacial score (nSPS) is 36.4. The zero-order chi connectivity index (χ0) is 12.5. The Labute approximate surface area is 106 Å². The Kier molecular flexibility index (Phi) is 4.11. The van der Waals surface area contributed by atoms with E-state index in [1.807, 2.05) is 0 Å². The fourth-order valence-corrected chi connectivity index (χ4v) is 4.14. The Morgan fingerprint density at radius 3 is 2.41 bits per heavy atom. The Hall–Kier alpha value is -0.120. The molecule has 3 atom stereocenters. The van der Waals surface area contributed by atoms with Crippen LogP contribution in [-0.2, 0) is 0 Å². The van der Waals surface area contributed by atoms with Crippen LogP contribution in [0.15, 0.2) is 0 Å². The highest BCUT2D eigenvalue weighted by molar-refractivity contribution is 5.07. The number of nitrogens with zero attached hydrogens (tertiary/aromatic N) is 2. The van der Waals surface area contributed by atoms with Gasteiger partial charge >= 0.3 is 0 Å². The van der Waals surface area contributed by atoms with Crippen molar-refractivity contribution in [3.05, 3.63) is 0 Å². The van der Waals surface area contributed by atoms with E-state index >= 15 is 0 Å². The third-order valence-electron chi connectivity index (χ3n) is 5.16. The highest BCUT2D eigenvalue weighted by Crippen LogP contribution is 2.52. The maximum absolute atomic E-state index is 6.14. The maximum Gasteiger partial charge on any atom is 0.0359 e. The van der Waals surface area contributed by atoms with Crippen molar-refractivity contribution >= 4 is 0 Å². The van der Waals surface area contributed by atoms with Crippen LogP contribution in [0.25, 0.3) is 0 Å². The SMILES string of the molecule is CN(C)CCCN(C)C1(CN)CC2CCC1C2. The van der Waals surface area contributed by atoms with Crippen molar-refractivity contribution in [2.75, 3.05) is 40.8 Å². The fourth-order valence-electron chi connectivity index (χ4n) is 4.14. The predicted octanol–water partition coefficient (Wildman–Crippen LogP) is 1.39. The lowest BCUT2D eigenvalue weighted by molar-refractivity contribution is 0.0631. The highest BCUT2D eigenvalue weighted by Gasteiger charge is 2.51. The second-order valence-corrected chi connectivity index (χ2v) is 6.47. The zero-order valence-electron chi connectivity index (χ0n) is 11.8. The van der Waals surface area contributed by atoms with Crippen molar-refractivity contribution in [3.63, 3.8) is 0 Å². The molecule has 2 aliphatic rings. The second-order valence-electron chi connectivity index (χ2n) is 6.47. The molecule has 0 aromatic rings. The van der Waals surface area contributed by atoms with Gasteiger partial charge in [-0.05, 0) is 71.8 Å². The van der Waals surface area contributed by atoms with E-state index in [0.717, 1.165) is 18.4 Å². The minimum absolute atomic E-state index is 0.342. The van der Waals surface area contributed by atoms with Gasteiger partial charge in [-0.25, -0.2) is 0 Å². The third kappa shape index (κ3) is 2.51. The molecule has 2 saturated carbocycles. The number of likely N-dealkylation sites (N-methyl/N-ethyl adjacent to an activating group) is 1. The van der Waals surface area contributed by atoms with Crippen LogP contribution in [0.2, 0.25) is 0 Å². The summed E-state index contributed by atoms with van der Waals surface area (Å²) in [5, 5.41) is 0. The van der Waals surface area contributed by atoms with Gasteiger partial charge in [0.15, 0.2) is 0 Å². The summed E-state index contributed by atoms with van der Waals surface area (Å²) in [6, 6.07) is 0. The summed E-state index contributed by atoms with van der Waals surface area (Å²) in [4.78, 5) is 4.85. The monoisotopic (exact) mass is 239 g/mol. The standard InChI is InChI=1S/C14H29N3/c1-16(2)7-4-8-17(3)14(11-15)10-12-5-6-13(14)9-12/h12-13H,4-11,15H2,1-3H3. The van der Waals surface area contributed by atoms with Gasteiger partial charge in [0.2, 0.25) is 0 Å². The van der Waals surface area contributed by atoms with Crippen LogP contribution in [0.4, 0.5) is 0 Å². The molecule has 0 aromatic heterocycles. The summed E-state index contributed by atoms with van der Waals surface area (Å²) in [5.74, 6) is 1.85. The maximum atomic E-state index is 6.14. The first-order valence-corrected chi connectivity index (χ1v) is 7.14. The minimum Gasteiger partial charge on any atom is -0.329 e. The average Bonchev–Trinajstić information content (AvgIpc) is 2.88. The molecule has 17 heavy (non-hydrogen) atoms. The van der Waals surface area contributed by atoms with Crippen LogP contribution in [-0.4, -0.2) is 56.1 Å². The Morgan fingerprint density at radius 2 is 1.94 bits per heavy atom. The molecule has 0 saturated heterocycles. The molecule has 3 nitrogen and oxygen atoms in total. The number of rotatable bonds is 6. The fraction of sp³-hybridized carbons (Fsp3) is 1.00. The molecule has 100 valence electrons. The molecule has 3 unspecified atom stereocenters. The lowest BCUT2D eigenvalue weighted by Crippen LogP contribution is -2.56. The summed E-state index contributed by atoms with van der Waals surface area (Å²) in [6.07, 6.45) is 6.92. The van der Waals surface area contributed by atoms with Crippen LogP contribution >= 0.6 is 0 Å². The lowest BCUT2D eigenvalue weighted by Gasteiger charge is -2.45. The molecule has 2 bridgehead atoms. The second kappa shape index (κ2) is 5.25. The van der Waals surface area contributed by atoms with E-state index in [1.165, 1.54) is 45.2 Å². The molecule has 0 radical (unpaired) electrons. The van der Waals surface area contributed by atoms with Crippen LogP contribution in [0.3, 0.4) is 0 Å². The quantitative estimate of drug-likeness (QED) is 0.760. The molecule has 3 heteroatoms. The molecule has 0 aromatic carbocycles. The molecule has 0 aliphatic heterocycles. The predicted molar refractivity (Wildman–Crippen MR) is 73.0 cm³/mol. The van der Waals surface area contributed by atoms with Crippen LogP contribution < -0.4 is 5.73 Å². The molecule has 0 amide bonds. The van der Waals surface area contributed by atoms with E-state index in [-0.39, 0.29) is 0 Å². The van der Waals surface area contributed by atoms with E-state index in [2.05, 4.69) is 30.9 Å². The molecular weight excluding hydrogens is 210 g/mol. The van der Waals surface area contributed by atoms with Crippen molar-refractivity contribution in [1.82, 2.24) is 9.80 Å². The minimum atomic E-state index is 0.342. The van der Waals surface area contributed by atoms with Gasteiger partial charge in [-0.1, -0.05) is 6.42 Å². The molecule has 0 heterocycles. The van der Waals surface area contributed by atoms with Crippen LogP contribution in [0.5, 0.6) is 0 Å². The molecule has 2 N–H and O–H groups in total. The molecule has 0 spiro atoms. The molecule has 2 aliphatic carbocycles. The first-order valence-electron chi connectivity index (χ1n) is 7.14. The smallest absolute Gasteiger partial charge is 0.0359 e. The number of hydrogen-bond acceptors (Lipinski definition) is 3. The largest absolute Gasteiger partial charge is 0.329 e. The molecule has 2 fully saturated rings. The summed E-state index contributed by atoms with van der Waals surface area (Å²) in [6.45, 7) is 3.23. The Bertz CT molecular complexity index is 254. The van der Waals surface area contributed by atoms with Gasteiger partial charge in [0, 0.05) is 12.1 Å². The summed E-state index contributed by atoms with van der Waals surface area (Å²) >= 11 is 0. The summed E-state index contributed by atoms with van der Waals surface area (Å²) < 4.78 is 0. The Balaban J connectivity index is 1.89. The van der Waals surface area contributed by atoms with Gasteiger partial charge in [0.1, 0.15) is 0 Å². The van der Waals surface area contributed by atoms with E-state index < -0.39 is 0 Å². The van der Waals surface area contributed by atoms with Crippen molar-refractivity contribution < 1.29 is 0 Å². The van der Waals surface area contributed by atoms with Gasteiger partial charge in [0.05, 0.1) is 0 Å². The van der Waals surface area contributed by atoms with Crippen LogP contribution in [0.1, 0.15) is 32.1 Å². The summed E-state index contributed by atoms with van der Waals surface area (Å²) in [5.41, 5.74) is 6.48. The Morgan fingerprint density at radius 1 is 1.18 bits per heavy atom. The molecular formula is C14H29N3.